The van der Waals surface area contributed by atoms with Crippen molar-refractivity contribution in [1.82, 2.24) is 4.90 Å². The number of fused-ring (bicyclic) bond motifs is 1. The predicted molar refractivity (Wildman–Crippen MR) is 81.8 cm³/mol. The van der Waals surface area contributed by atoms with E-state index < -0.39 is 0 Å². The van der Waals surface area contributed by atoms with Gasteiger partial charge in [-0.05, 0) is 38.1 Å². The molecule has 1 aromatic carbocycles. The number of ether oxygens (including phenoxy) is 2. The van der Waals surface area contributed by atoms with Crippen LogP contribution in [0, 0.1) is 0 Å². The van der Waals surface area contributed by atoms with Crippen LogP contribution in [0.25, 0.3) is 0 Å². The minimum absolute atomic E-state index is 0.00827. The van der Waals surface area contributed by atoms with E-state index in [1.807, 2.05) is 36.9 Å². The van der Waals surface area contributed by atoms with Gasteiger partial charge in [-0.25, -0.2) is 0 Å². The molecule has 2 N–H and O–H groups in total. The van der Waals surface area contributed by atoms with E-state index in [4.69, 9.17) is 15.2 Å². The Kier molecular flexibility index (Phi) is 5.44. The van der Waals surface area contributed by atoms with E-state index in [9.17, 15) is 4.79 Å². The Balaban J connectivity index is 2.12. The molecule has 0 bridgehead atoms. The molecule has 0 saturated carbocycles. The van der Waals surface area contributed by atoms with Crippen LogP contribution in [0.15, 0.2) is 18.2 Å². The van der Waals surface area contributed by atoms with Gasteiger partial charge in [0.1, 0.15) is 13.2 Å². The third-order valence-electron chi connectivity index (χ3n) is 3.86. The average Bonchev–Trinajstić information content (AvgIpc) is 2.53. The first kappa shape index (κ1) is 15.6. The molecular formula is C16H24N2O3. The molecule has 0 saturated heterocycles. The van der Waals surface area contributed by atoms with E-state index in [2.05, 4.69) is 0 Å². The van der Waals surface area contributed by atoms with Crippen LogP contribution in [0.1, 0.15) is 31.7 Å². The van der Waals surface area contributed by atoms with Crippen molar-refractivity contribution in [3.8, 4) is 11.5 Å². The molecule has 0 aromatic heterocycles. The number of hydrogen-bond acceptors (Lipinski definition) is 4. The largest absolute Gasteiger partial charge is 0.486 e. The predicted octanol–water partition coefficient (Wildman–Crippen LogP) is 1.76. The van der Waals surface area contributed by atoms with Crippen LogP contribution in [-0.4, -0.2) is 43.7 Å². The summed E-state index contributed by atoms with van der Waals surface area (Å²) in [6, 6.07) is 5.82. The normalized spacial score (nSPS) is 14.6. The number of carbonyl (C=O) groups is 1. The first-order chi connectivity index (χ1) is 10.2. The molecule has 1 unspecified atom stereocenters. The third kappa shape index (κ3) is 3.67. The van der Waals surface area contributed by atoms with Gasteiger partial charge in [0.05, 0.1) is 0 Å². The fraction of sp³-hybridized carbons (Fsp3) is 0.562. The van der Waals surface area contributed by atoms with Gasteiger partial charge in [0, 0.05) is 25.4 Å². The maximum Gasteiger partial charge on any atom is 0.223 e. The minimum Gasteiger partial charge on any atom is -0.486 e. The minimum atomic E-state index is 0.00827. The van der Waals surface area contributed by atoms with Crippen LogP contribution in [-0.2, 0) is 4.79 Å². The van der Waals surface area contributed by atoms with Crippen LogP contribution < -0.4 is 15.2 Å². The van der Waals surface area contributed by atoms with Crippen molar-refractivity contribution < 1.29 is 14.3 Å². The Labute approximate surface area is 126 Å². The standard InChI is InChI=1S/C16H24N2O3/c1-3-18(4-2)16(19)10-13(11-17)12-5-6-14-15(9-12)21-8-7-20-14/h5-6,9,13H,3-4,7-8,10-11,17H2,1-2H3. The molecule has 5 nitrogen and oxygen atoms in total. The SMILES string of the molecule is CCN(CC)C(=O)CC(CN)c1ccc2c(c1)OCCO2. The van der Waals surface area contributed by atoms with Gasteiger partial charge in [0.2, 0.25) is 5.91 Å². The Morgan fingerprint density at radius 2 is 1.90 bits per heavy atom. The number of carbonyl (C=O) groups excluding carboxylic acids is 1. The van der Waals surface area contributed by atoms with Gasteiger partial charge in [-0.15, -0.1) is 0 Å². The molecule has 2 rings (SSSR count). The molecule has 1 amide bonds. The Hall–Kier alpha value is -1.75. The van der Waals surface area contributed by atoms with Gasteiger partial charge in [-0.3, -0.25) is 4.79 Å². The lowest BCUT2D eigenvalue weighted by molar-refractivity contribution is -0.131. The molecule has 0 aliphatic carbocycles. The van der Waals surface area contributed by atoms with Crippen LogP contribution in [0.5, 0.6) is 11.5 Å². The number of nitrogens with zero attached hydrogens (tertiary/aromatic N) is 1. The first-order valence-corrected chi connectivity index (χ1v) is 7.57. The number of hydrogen-bond donors (Lipinski definition) is 1. The zero-order valence-electron chi connectivity index (χ0n) is 12.8. The maximum atomic E-state index is 12.3. The van der Waals surface area contributed by atoms with Crippen LogP contribution in [0.2, 0.25) is 0 Å². The van der Waals surface area contributed by atoms with Crippen molar-refractivity contribution in [3.63, 3.8) is 0 Å². The lowest BCUT2D eigenvalue weighted by atomic mass is 9.94. The molecule has 1 aliphatic heterocycles. The quantitative estimate of drug-likeness (QED) is 0.867. The van der Waals surface area contributed by atoms with Gasteiger partial charge in [0.25, 0.3) is 0 Å². The van der Waals surface area contributed by atoms with E-state index >= 15 is 0 Å². The Bertz CT molecular complexity index is 486. The van der Waals surface area contributed by atoms with Crippen molar-refractivity contribution in [2.45, 2.75) is 26.2 Å². The second kappa shape index (κ2) is 7.31. The molecule has 0 fully saturated rings. The van der Waals surface area contributed by atoms with E-state index in [0.717, 1.165) is 30.2 Å². The molecule has 1 aromatic rings. The van der Waals surface area contributed by atoms with E-state index in [0.29, 0.717) is 26.2 Å². The lowest BCUT2D eigenvalue weighted by Crippen LogP contribution is -2.32. The summed E-state index contributed by atoms with van der Waals surface area (Å²) in [6.45, 7) is 7.01. The van der Waals surface area contributed by atoms with Gasteiger partial charge in [0.15, 0.2) is 11.5 Å². The highest BCUT2D eigenvalue weighted by molar-refractivity contribution is 5.77. The third-order valence-corrected chi connectivity index (χ3v) is 3.86. The fourth-order valence-electron chi connectivity index (χ4n) is 2.57. The lowest BCUT2D eigenvalue weighted by Gasteiger charge is -2.24. The van der Waals surface area contributed by atoms with Crippen molar-refractivity contribution in [2.24, 2.45) is 5.73 Å². The molecule has 1 atom stereocenters. The monoisotopic (exact) mass is 292 g/mol. The van der Waals surface area contributed by atoms with E-state index in [1.54, 1.807) is 0 Å². The maximum absolute atomic E-state index is 12.3. The van der Waals surface area contributed by atoms with Crippen LogP contribution >= 0.6 is 0 Å². The summed E-state index contributed by atoms with van der Waals surface area (Å²) in [7, 11) is 0. The summed E-state index contributed by atoms with van der Waals surface area (Å²) < 4.78 is 11.1. The topological polar surface area (TPSA) is 64.8 Å². The number of amides is 1. The zero-order chi connectivity index (χ0) is 15.2. The van der Waals surface area contributed by atoms with Crippen LogP contribution in [0.4, 0.5) is 0 Å². The summed E-state index contributed by atoms with van der Waals surface area (Å²) in [5, 5.41) is 0. The Morgan fingerprint density at radius 3 is 2.52 bits per heavy atom. The number of rotatable bonds is 6. The van der Waals surface area contributed by atoms with Gasteiger partial charge in [-0.1, -0.05) is 6.07 Å². The number of benzene rings is 1. The molecular weight excluding hydrogens is 268 g/mol. The average molecular weight is 292 g/mol. The molecule has 1 aliphatic rings. The second-order valence-electron chi connectivity index (χ2n) is 5.11. The fourth-order valence-corrected chi connectivity index (χ4v) is 2.57. The first-order valence-electron chi connectivity index (χ1n) is 7.57. The molecule has 116 valence electrons. The van der Waals surface area contributed by atoms with Gasteiger partial charge in [-0.2, -0.15) is 0 Å². The van der Waals surface area contributed by atoms with Crippen molar-refractivity contribution in [3.05, 3.63) is 23.8 Å². The second-order valence-corrected chi connectivity index (χ2v) is 5.11. The summed E-state index contributed by atoms with van der Waals surface area (Å²) in [5.74, 6) is 1.66. The van der Waals surface area contributed by atoms with E-state index in [1.165, 1.54) is 0 Å². The van der Waals surface area contributed by atoms with Crippen molar-refractivity contribution in [1.29, 1.82) is 0 Å². The zero-order valence-corrected chi connectivity index (χ0v) is 12.8. The molecule has 1 heterocycles. The van der Waals surface area contributed by atoms with Gasteiger partial charge >= 0.3 is 0 Å². The highest BCUT2D eigenvalue weighted by atomic mass is 16.6. The van der Waals surface area contributed by atoms with Crippen LogP contribution in [0.3, 0.4) is 0 Å². The molecule has 0 radical (unpaired) electrons. The summed E-state index contributed by atoms with van der Waals surface area (Å²) in [6.07, 6.45) is 0.428. The molecule has 5 heteroatoms. The van der Waals surface area contributed by atoms with Crippen molar-refractivity contribution in [2.75, 3.05) is 32.8 Å². The highest BCUT2D eigenvalue weighted by Crippen LogP contribution is 2.33. The highest BCUT2D eigenvalue weighted by Gasteiger charge is 2.20. The summed E-state index contributed by atoms with van der Waals surface area (Å²) >= 11 is 0. The van der Waals surface area contributed by atoms with Crippen molar-refractivity contribution >= 4 is 5.91 Å². The Morgan fingerprint density at radius 1 is 1.24 bits per heavy atom. The molecule has 21 heavy (non-hydrogen) atoms. The smallest absolute Gasteiger partial charge is 0.223 e. The number of nitrogens with two attached hydrogens (primary N) is 1. The van der Waals surface area contributed by atoms with Gasteiger partial charge < -0.3 is 20.1 Å². The molecule has 0 spiro atoms. The summed E-state index contributed by atoms with van der Waals surface area (Å²) in [5.41, 5.74) is 6.90. The van der Waals surface area contributed by atoms with E-state index in [-0.39, 0.29) is 11.8 Å². The summed E-state index contributed by atoms with van der Waals surface area (Å²) in [4.78, 5) is 14.1.